The van der Waals surface area contributed by atoms with Crippen LogP contribution in [0.15, 0.2) is 42.5 Å². The molecule has 1 heterocycles. The van der Waals surface area contributed by atoms with Crippen LogP contribution in [0.1, 0.15) is 15.9 Å². The predicted octanol–water partition coefficient (Wildman–Crippen LogP) is 1.97. The molecule has 3 N–H and O–H groups in total. The average Bonchev–Trinajstić information content (AvgIpc) is 2.40. The first kappa shape index (κ1) is 13.2. The first-order valence-electron chi connectivity index (χ1n) is 5.92. The monoisotopic (exact) mass is 259 g/mol. The molecule has 0 aliphatic heterocycles. The van der Waals surface area contributed by atoms with Crippen molar-refractivity contribution in [2.45, 2.75) is 6.42 Å². The molecule has 0 aliphatic rings. The van der Waals surface area contributed by atoms with E-state index in [1.165, 1.54) is 18.2 Å². The van der Waals surface area contributed by atoms with Crippen LogP contribution in [-0.4, -0.2) is 17.4 Å². The van der Waals surface area contributed by atoms with E-state index < -0.39 is 5.95 Å². The Kier molecular flexibility index (Phi) is 4.20. The molecule has 1 aromatic carbocycles. The maximum atomic E-state index is 12.9. The number of carbonyl (C=O) groups is 1. The predicted molar refractivity (Wildman–Crippen MR) is 71.3 cm³/mol. The van der Waals surface area contributed by atoms with Gasteiger partial charge in [-0.25, -0.2) is 4.98 Å². The third-order valence-electron chi connectivity index (χ3n) is 2.61. The van der Waals surface area contributed by atoms with Gasteiger partial charge in [0.05, 0.1) is 0 Å². The van der Waals surface area contributed by atoms with Gasteiger partial charge in [0.15, 0.2) is 0 Å². The number of nitrogens with one attached hydrogen (secondary N) is 1. The minimum atomic E-state index is -0.629. The van der Waals surface area contributed by atoms with Crippen LogP contribution in [0, 0.1) is 5.95 Å². The second kappa shape index (κ2) is 6.06. The van der Waals surface area contributed by atoms with Crippen LogP contribution < -0.4 is 11.1 Å². The van der Waals surface area contributed by atoms with Crippen LogP contribution in [0.4, 0.5) is 10.2 Å². The van der Waals surface area contributed by atoms with Crippen molar-refractivity contribution in [2.24, 2.45) is 5.73 Å². The smallest absolute Gasteiger partial charge is 0.256 e. The minimum absolute atomic E-state index is 0.191. The Labute approximate surface area is 110 Å². The molecule has 0 fully saturated rings. The zero-order valence-corrected chi connectivity index (χ0v) is 10.3. The van der Waals surface area contributed by atoms with Gasteiger partial charge in [0, 0.05) is 5.56 Å². The highest BCUT2D eigenvalue weighted by molar-refractivity contribution is 6.03. The number of anilines is 1. The van der Waals surface area contributed by atoms with Gasteiger partial charge in [0.25, 0.3) is 5.91 Å². The van der Waals surface area contributed by atoms with Crippen molar-refractivity contribution < 1.29 is 9.18 Å². The van der Waals surface area contributed by atoms with E-state index in [1.54, 1.807) is 12.1 Å². The summed E-state index contributed by atoms with van der Waals surface area (Å²) in [5.41, 5.74) is 7.02. The second-order valence-electron chi connectivity index (χ2n) is 4.04. The molecular weight excluding hydrogens is 245 g/mol. The Morgan fingerprint density at radius 1 is 1.21 bits per heavy atom. The van der Waals surface area contributed by atoms with E-state index in [1.807, 2.05) is 12.1 Å². The van der Waals surface area contributed by atoms with E-state index in [9.17, 15) is 9.18 Å². The topological polar surface area (TPSA) is 68.0 Å². The molecule has 0 radical (unpaired) electrons. The molecule has 98 valence electrons. The van der Waals surface area contributed by atoms with Gasteiger partial charge in [-0.2, -0.15) is 4.39 Å². The summed E-state index contributed by atoms with van der Waals surface area (Å²) in [5.74, 6) is -0.760. The van der Waals surface area contributed by atoms with Gasteiger partial charge < -0.3 is 11.1 Å². The third-order valence-corrected chi connectivity index (χ3v) is 2.61. The molecule has 0 aliphatic carbocycles. The Morgan fingerprint density at radius 2 is 1.95 bits per heavy atom. The normalized spacial score (nSPS) is 10.2. The number of benzene rings is 1. The first-order chi connectivity index (χ1) is 9.19. The lowest BCUT2D eigenvalue weighted by Gasteiger charge is -2.05. The van der Waals surface area contributed by atoms with Gasteiger partial charge in [-0.15, -0.1) is 0 Å². The molecule has 0 atom stereocenters. The summed E-state index contributed by atoms with van der Waals surface area (Å²) in [6, 6.07) is 11.4. The van der Waals surface area contributed by atoms with Crippen molar-refractivity contribution >= 4 is 11.7 Å². The molecular formula is C14H14FN3O. The number of nitrogens with two attached hydrogens (primary N) is 1. The van der Waals surface area contributed by atoms with E-state index >= 15 is 0 Å². The second-order valence-corrected chi connectivity index (χ2v) is 4.04. The van der Waals surface area contributed by atoms with Crippen LogP contribution in [0.5, 0.6) is 0 Å². The van der Waals surface area contributed by atoms with Crippen LogP contribution in [0.25, 0.3) is 0 Å². The molecule has 1 amide bonds. The zero-order chi connectivity index (χ0) is 13.7. The van der Waals surface area contributed by atoms with Gasteiger partial charge in [-0.3, -0.25) is 4.79 Å². The highest BCUT2D eigenvalue weighted by Gasteiger charge is 2.07. The Balaban J connectivity index is 2.07. The number of carbonyl (C=O) groups excluding carboxylic acids is 1. The lowest BCUT2D eigenvalue weighted by atomic mass is 10.1. The van der Waals surface area contributed by atoms with Gasteiger partial charge in [-0.05, 0) is 42.8 Å². The van der Waals surface area contributed by atoms with Gasteiger partial charge in [0.1, 0.15) is 5.82 Å². The molecule has 0 spiro atoms. The molecule has 1 aromatic heterocycles. The lowest BCUT2D eigenvalue weighted by Crippen LogP contribution is -2.13. The highest BCUT2D eigenvalue weighted by atomic mass is 19.1. The van der Waals surface area contributed by atoms with E-state index in [2.05, 4.69) is 10.3 Å². The largest absolute Gasteiger partial charge is 0.330 e. The Bertz CT molecular complexity index is 569. The molecule has 0 unspecified atom stereocenters. The number of pyridine rings is 1. The molecule has 2 rings (SSSR count). The highest BCUT2D eigenvalue weighted by Crippen LogP contribution is 2.09. The van der Waals surface area contributed by atoms with Crippen molar-refractivity contribution in [3.8, 4) is 0 Å². The van der Waals surface area contributed by atoms with Crippen molar-refractivity contribution in [3.05, 3.63) is 59.5 Å². The third kappa shape index (κ3) is 3.59. The van der Waals surface area contributed by atoms with Crippen LogP contribution >= 0.6 is 0 Å². The summed E-state index contributed by atoms with van der Waals surface area (Å²) >= 11 is 0. The number of rotatable bonds is 4. The number of aromatic nitrogens is 1. The summed E-state index contributed by atoms with van der Waals surface area (Å²) in [7, 11) is 0. The van der Waals surface area contributed by atoms with Gasteiger partial charge in [0.2, 0.25) is 5.95 Å². The van der Waals surface area contributed by atoms with E-state index in [-0.39, 0.29) is 11.7 Å². The zero-order valence-electron chi connectivity index (χ0n) is 10.3. The Morgan fingerprint density at radius 3 is 2.58 bits per heavy atom. The van der Waals surface area contributed by atoms with Crippen molar-refractivity contribution in [1.29, 1.82) is 0 Å². The van der Waals surface area contributed by atoms with Crippen molar-refractivity contribution in [1.82, 2.24) is 4.98 Å². The van der Waals surface area contributed by atoms with Crippen LogP contribution in [-0.2, 0) is 6.42 Å². The molecule has 19 heavy (non-hydrogen) atoms. The molecule has 0 bridgehead atoms. The summed E-state index contributed by atoms with van der Waals surface area (Å²) in [6.07, 6.45) is 0.771. The fourth-order valence-corrected chi connectivity index (χ4v) is 1.66. The molecule has 0 saturated carbocycles. The molecule has 5 heteroatoms. The Hall–Kier alpha value is -2.27. The summed E-state index contributed by atoms with van der Waals surface area (Å²) in [6.45, 7) is 0.568. The number of nitrogens with zero attached hydrogens (tertiary/aromatic N) is 1. The summed E-state index contributed by atoms with van der Waals surface area (Å²) in [4.78, 5) is 15.5. The summed E-state index contributed by atoms with van der Waals surface area (Å²) in [5, 5.41) is 2.54. The standard InChI is InChI=1S/C14H14FN3O/c15-12-2-1-3-13(17-12)18-14(19)11-6-4-10(5-7-11)8-9-16/h1-7H,8-9,16H2,(H,17,18,19). The molecule has 2 aromatic rings. The molecule has 0 saturated heterocycles. The average molecular weight is 259 g/mol. The van der Waals surface area contributed by atoms with E-state index in [0.29, 0.717) is 12.1 Å². The van der Waals surface area contributed by atoms with Crippen molar-refractivity contribution in [3.63, 3.8) is 0 Å². The maximum Gasteiger partial charge on any atom is 0.256 e. The van der Waals surface area contributed by atoms with Crippen molar-refractivity contribution in [2.75, 3.05) is 11.9 Å². The first-order valence-corrected chi connectivity index (χ1v) is 5.92. The van der Waals surface area contributed by atoms with Crippen LogP contribution in [0.2, 0.25) is 0 Å². The lowest BCUT2D eigenvalue weighted by molar-refractivity contribution is 0.102. The van der Waals surface area contributed by atoms with E-state index in [0.717, 1.165) is 12.0 Å². The fourth-order valence-electron chi connectivity index (χ4n) is 1.66. The minimum Gasteiger partial charge on any atom is -0.330 e. The number of amides is 1. The molecule has 4 nitrogen and oxygen atoms in total. The number of halogens is 1. The number of hydrogen-bond donors (Lipinski definition) is 2. The summed E-state index contributed by atoms with van der Waals surface area (Å²) < 4.78 is 12.9. The van der Waals surface area contributed by atoms with Gasteiger partial charge in [-0.1, -0.05) is 18.2 Å². The van der Waals surface area contributed by atoms with Gasteiger partial charge >= 0.3 is 0 Å². The number of hydrogen-bond acceptors (Lipinski definition) is 3. The fraction of sp³-hybridized carbons (Fsp3) is 0.143. The SMILES string of the molecule is NCCc1ccc(C(=O)Nc2cccc(F)n2)cc1. The quantitative estimate of drug-likeness (QED) is 0.825. The van der Waals surface area contributed by atoms with Crippen LogP contribution in [0.3, 0.4) is 0 Å². The maximum absolute atomic E-state index is 12.9. The van der Waals surface area contributed by atoms with E-state index in [4.69, 9.17) is 5.73 Å².